The first kappa shape index (κ1) is 23.5. The second kappa shape index (κ2) is 9.41. The summed E-state index contributed by atoms with van der Waals surface area (Å²) in [6.07, 6.45) is 1.13. The Labute approximate surface area is 210 Å². The van der Waals surface area contributed by atoms with Gasteiger partial charge in [-0.1, -0.05) is 11.6 Å². The van der Waals surface area contributed by atoms with Crippen molar-refractivity contribution >= 4 is 34.5 Å². The minimum Gasteiger partial charge on any atom is -0.484 e. The molecule has 0 spiro atoms. The van der Waals surface area contributed by atoms with E-state index in [4.69, 9.17) is 35.4 Å². The third-order valence-corrected chi connectivity index (χ3v) is 6.42. The number of benzene rings is 1. The van der Waals surface area contributed by atoms with Crippen molar-refractivity contribution in [3.63, 3.8) is 0 Å². The van der Waals surface area contributed by atoms with Crippen LogP contribution < -0.4 is 24.8 Å². The molecule has 0 bridgehead atoms. The second-order valence-electron chi connectivity index (χ2n) is 8.16. The molecule has 3 aromatic heterocycles. The molecule has 0 fully saturated rings. The van der Waals surface area contributed by atoms with Gasteiger partial charge < -0.3 is 18.6 Å². The van der Waals surface area contributed by atoms with Gasteiger partial charge in [-0.05, 0) is 68.6 Å². The van der Waals surface area contributed by atoms with Crippen molar-refractivity contribution in [2.24, 2.45) is 5.14 Å². The second-order valence-corrected chi connectivity index (χ2v) is 9.17. The average Bonchev–Trinajstić information content (AvgIpc) is 2.86. The van der Waals surface area contributed by atoms with Crippen LogP contribution in [0, 0.1) is 13.8 Å². The summed E-state index contributed by atoms with van der Waals surface area (Å²) in [5.74, 6) is 1.83. The first-order valence-electron chi connectivity index (χ1n) is 10.9. The van der Waals surface area contributed by atoms with Crippen LogP contribution in [0.15, 0.2) is 50.8 Å². The first-order valence-corrected chi connectivity index (χ1v) is 12.2. The highest BCUT2D eigenvalue weighted by atomic mass is 35.5. The quantitative estimate of drug-likeness (QED) is 0.278. The number of hydrogen-bond acceptors (Lipinski definition) is 9. The van der Waals surface area contributed by atoms with E-state index in [1.807, 2.05) is 26.0 Å². The Hall–Kier alpha value is -3.27. The summed E-state index contributed by atoms with van der Waals surface area (Å²) < 4.78 is 23.8. The van der Waals surface area contributed by atoms with Crippen LogP contribution in [0.2, 0.25) is 5.15 Å². The monoisotopic (exact) mass is 511 g/mol. The number of rotatable bonds is 5. The summed E-state index contributed by atoms with van der Waals surface area (Å²) in [6, 6.07) is 8.88. The number of halogens is 1. The van der Waals surface area contributed by atoms with E-state index in [2.05, 4.69) is 9.97 Å². The molecule has 1 aliphatic rings. The summed E-state index contributed by atoms with van der Waals surface area (Å²) in [5, 5.41) is 7.00. The molecular formula is C25H22ClN3O5S. The minimum absolute atomic E-state index is 0.125. The van der Waals surface area contributed by atoms with Crippen LogP contribution >= 0.6 is 23.5 Å². The zero-order chi connectivity index (χ0) is 24.7. The summed E-state index contributed by atoms with van der Waals surface area (Å²) >= 11 is 6.94. The summed E-state index contributed by atoms with van der Waals surface area (Å²) in [5.41, 5.74) is 3.03. The number of fused-ring (bicyclic) bond motifs is 2. The molecule has 4 heterocycles. The fourth-order valence-corrected chi connectivity index (χ4v) is 4.62. The van der Waals surface area contributed by atoms with E-state index in [0.717, 1.165) is 17.5 Å². The van der Waals surface area contributed by atoms with Crippen LogP contribution in [0.25, 0.3) is 22.3 Å². The van der Waals surface area contributed by atoms with Crippen LogP contribution in [-0.2, 0) is 0 Å². The van der Waals surface area contributed by atoms with E-state index < -0.39 is 6.10 Å². The Kier molecular flexibility index (Phi) is 6.31. The highest BCUT2D eigenvalue weighted by molar-refractivity contribution is 7.97. The Balaban J connectivity index is 1.64. The Morgan fingerprint density at radius 3 is 2.77 bits per heavy atom. The lowest BCUT2D eigenvalue weighted by Crippen LogP contribution is -2.16. The summed E-state index contributed by atoms with van der Waals surface area (Å²) in [6.45, 7) is 6.41. The van der Waals surface area contributed by atoms with Crippen LogP contribution in [0.1, 0.15) is 29.7 Å². The standard InChI is InChI=1S/C25H22ClN3O5S/c1-12-8-16(14(3)33-18-4-5-20(26)29-25(18)35-27)23-17(9-12)21(30)13(2)22(34-23)15-10-19-24(28-11-15)32-7-6-31-19/h4-5,8-11,14H,6-7,27H2,1-3H3. The maximum absolute atomic E-state index is 13.4. The van der Waals surface area contributed by atoms with Gasteiger partial charge in [0, 0.05) is 22.9 Å². The third kappa shape index (κ3) is 4.42. The van der Waals surface area contributed by atoms with Crippen molar-refractivity contribution in [1.29, 1.82) is 0 Å². The van der Waals surface area contributed by atoms with E-state index in [9.17, 15) is 4.79 Å². The largest absolute Gasteiger partial charge is 0.484 e. The molecule has 10 heteroatoms. The number of pyridine rings is 2. The van der Waals surface area contributed by atoms with Gasteiger partial charge in [-0.15, -0.1) is 0 Å². The molecule has 8 nitrogen and oxygen atoms in total. The van der Waals surface area contributed by atoms with Gasteiger partial charge >= 0.3 is 0 Å². The molecule has 2 N–H and O–H groups in total. The molecule has 0 saturated heterocycles. The number of ether oxygens (including phenoxy) is 3. The van der Waals surface area contributed by atoms with Crippen molar-refractivity contribution in [3.8, 4) is 28.7 Å². The zero-order valence-corrected chi connectivity index (χ0v) is 20.8. The predicted molar refractivity (Wildman–Crippen MR) is 135 cm³/mol. The minimum atomic E-state index is -0.483. The lowest BCUT2D eigenvalue weighted by atomic mass is 10.00. The van der Waals surface area contributed by atoms with Crippen molar-refractivity contribution in [1.82, 2.24) is 9.97 Å². The third-order valence-electron chi connectivity index (χ3n) is 5.70. The van der Waals surface area contributed by atoms with Crippen molar-refractivity contribution in [3.05, 3.63) is 68.6 Å². The predicted octanol–water partition coefficient (Wildman–Crippen LogP) is 5.40. The van der Waals surface area contributed by atoms with E-state index in [1.54, 1.807) is 31.3 Å². The number of hydrogen-bond donors (Lipinski definition) is 1. The number of aromatic nitrogens is 2. The SMILES string of the molecule is Cc1cc(C(C)Oc2ccc(Cl)nc2SN)c2oc(-c3cnc4c(c3)OCCO4)c(C)c(=O)c2c1. The smallest absolute Gasteiger partial charge is 0.257 e. The molecule has 0 amide bonds. The highest BCUT2D eigenvalue weighted by Gasteiger charge is 2.22. The summed E-state index contributed by atoms with van der Waals surface area (Å²) in [4.78, 5) is 22.0. The molecule has 1 atom stereocenters. The molecule has 180 valence electrons. The molecule has 0 aliphatic carbocycles. The Bertz CT molecular complexity index is 1510. The summed E-state index contributed by atoms with van der Waals surface area (Å²) in [7, 11) is 0. The maximum Gasteiger partial charge on any atom is 0.257 e. The Morgan fingerprint density at radius 2 is 1.97 bits per heavy atom. The Morgan fingerprint density at radius 1 is 1.17 bits per heavy atom. The average molecular weight is 512 g/mol. The van der Waals surface area contributed by atoms with Crippen molar-refractivity contribution < 1.29 is 18.6 Å². The first-order chi connectivity index (χ1) is 16.9. The van der Waals surface area contributed by atoms with Crippen LogP contribution in [0.4, 0.5) is 0 Å². The lowest BCUT2D eigenvalue weighted by molar-refractivity contribution is 0.164. The topological polar surface area (TPSA) is 110 Å². The fraction of sp³-hybridized carbons (Fsp3) is 0.240. The van der Waals surface area contributed by atoms with Gasteiger partial charge in [0.05, 0.1) is 5.39 Å². The number of nitrogens with two attached hydrogens (primary N) is 1. The molecule has 4 aromatic rings. The molecule has 1 aromatic carbocycles. The van der Waals surface area contributed by atoms with Gasteiger partial charge in [-0.25, -0.2) is 9.97 Å². The van der Waals surface area contributed by atoms with E-state index in [1.165, 1.54) is 0 Å². The molecule has 0 radical (unpaired) electrons. The van der Waals surface area contributed by atoms with Crippen LogP contribution in [0.5, 0.6) is 17.4 Å². The van der Waals surface area contributed by atoms with Crippen LogP contribution in [0.3, 0.4) is 0 Å². The van der Waals surface area contributed by atoms with Crippen LogP contribution in [-0.4, -0.2) is 23.2 Å². The normalized spacial score (nSPS) is 13.6. The van der Waals surface area contributed by atoms with Gasteiger partial charge in [-0.3, -0.25) is 9.93 Å². The number of aryl methyl sites for hydroxylation is 1. The number of nitrogens with zero attached hydrogens (tertiary/aromatic N) is 2. The van der Waals surface area contributed by atoms with Gasteiger partial charge in [0.1, 0.15) is 35.8 Å². The van der Waals surface area contributed by atoms with Gasteiger partial charge in [0.2, 0.25) is 0 Å². The van der Waals surface area contributed by atoms with E-state index >= 15 is 0 Å². The van der Waals surface area contributed by atoms with Crippen molar-refractivity contribution in [2.45, 2.75) is 31.9 Å². The van der Waals surface area contributed by atoms with E-state index in [0.29, 0.717) is 74.2 Å². The molecule has 1 aliphatic heterocycles. The molecular weight excluding hydrogens is 490 g/mol. The molecule has 0 saturated carbocycles. The van der Waals surface area contributed by atoms with Gasteiger partial charge in [0.25, 0.3) is 5.88 Å². The van der Waals surface area contributed by atoms with Gasteiger partial charge in [-0.2, -0.15) is 0 Å². The van der Waals surface area contributed by atoms with Gasteiger partial charge in [0.15, 0.2) is 22.0 Å². The molecule has 35 heavy (non-hydrogen) atoms. The fourth-order valence-electron chi connectivity index (χ4n) is 4.04. The zero-order valence-electron chi connectivity index (χ0n) is 19.3. The van der Waals surface area contributed by atoms with Crippen molar-refractivity contribution in [2.75, 3.05) is 13.2 Å². The highest BCUT2D eigenvalue weighted by Crippen LogP contribution is 2.37. The van der Waals surface area contributed by atoms with E-state index in [-0.39, 0.29) is 5.43 Å². The maximum atomic E-state index is 13.4. The molecule has 5 rings (SSSR count). The lowest BCUT2D eigenvalue weighted by Gasteiger charge is -2.20. The molecule has 1 unspecified atom stereocenters.